The Hall–Kier alpha value is -1.26. The molecule has 58 heavy (non-hydrogen) atoms. The van der Waals surface area contributed by atoms with Crippen molar-refractivity contribution in [3.63, 3.8) is 0 Å². The highest BCUT2D eigenvalue weighted by Crippen LogP contribution is 2.44. The first-order valence-electron chi connectivity index (χ1n) is 21.5. The van der Waals surface area contributed by atoms with Crippen LogP contribution in [0.1, 0.15) is 156 Å². The lowest BCUT2D eigenvalue weighted by Gasteiger charge is -2.21. The maximum atomic E-state index is 12.7. The molecule has 0 aliphatic heterocycles. The van der Waals surface area contributed by atoms with Gasteiger partial charge in [-0.3, -0.25) is 23.2 Å². The second-order valence-corrected chi connectivity index (χ2v) is 18.8. The molecule has 0 bridgehead atoms. The minimum atomic E-state index is -4.89. The summed E-state index contributed by atoms with van der Waals surface area (Å²) in [6, 6.07) is 0. The van der Waals surface area contributed by atoms with Crippen molar-refractivity contribution in [1.82, 2.24) is 0 Å². The Labute approximate surface area is 346 Å². The minimum Gasteiger partial charge on any atom is -0.462 e. The van der Waals surface area contributed by atoms with Crippen molar-refractivity contribution < 1.29 is 76.9 Å². The summed E-state index contributed by atoms with van der Waals surface area (Å²) in [4.78, 5) is 52.8. The molecule has 0 spiro atoms. The maximum absolute atomic E-state index is 12.7. The lowest BCUT2D eigenvalue weighted by Crippen LogP contribution is -2.30. The summed E-state index contributed by atoms with van der Waals surface area (Å²) in [5.74, 6) is -0.807. The summed E-state index contributed by atoms with van der Waals surface area (Å²) in [5, 5.41) is 41.1. The fourth-order valence-corrected chi connectivity index (χ4v) is 8.02. The molecule has 0 saturated heterocycles. The first-order chi connectivity index (χ1) is 27.4. The third-order valence-corrected chi connectivity index (χ3v) is 11.6. The number of carbonyl (C=O) groups excluding carboxylic acids is 2. The fourth-order valence-electron chi connectivity index (χ4n) is 6.86. The van der Waals surface area contributed by atoms with Gasteiger partial charge in [-0.15, -0.1) is 0 Å². The van der Waals surface area contributed by atoms with E-state index in [0.717, 1.165) is 63.7 Å². The predicted octanol–water partition coefficient (Wildman–Crippen LogP) is 6.80. The Morgan fingerprint density at radius 1 is 0.690 bits per heavy atom. The third kappa shape index (κ3) is 29.1. The smallest absolute Gasteiger partial charge is 0.462 e. The summed E-state index contributed by atoms with van der Waals surface area (Å²) < 4.78 is 47.7. The molecule has 16 nitrogen and oxygen atoms in total. The van der Waals surface area contributed by atoms with Gasteiger partial charge in [0, 0.05) is 25.2 Å². The lowest BCUT2D eigenvalue weighted by molar-refractivity contribution is -0.161. The summed E-state index contributed by atoms with van der Waals surface area (Å²) in [5.41, 5.74) is 0. The minimum absolute atomic E-state index is 0.0709. The van der Waals surface area contributed by atoms with Crippen LogP contribution in [0.5, 0.6) is 0 Å². The molecule has 1 rings (SSSR count). The van der Waals surface area contributed by atoms with Gasteiger partial charge in [0.15, 0.2) is 6.10 Å². The molecule has 0 radical (unpaired) electrons. The largest absolute Gasteiger partial charge is 0.472 e. The number of rotatable bonds is 36. The van der Waals surface area contributed by atoms with Crippen molar-refractivity contribution in [2.75, 3.05) is 26.4 Å². The van der Waals surface area contributed by atoms with Crippen LogP contribution >= 0.6 is 15.6 Å². The molecule has 0 aromatic carbocycles. The van der Waals surface area contributed by atoms with Gasteiger partial charge in [0.05, 0.1) is 38.1 Å². The molecule has 0 aromatic heterocycles. The van der Waals surface area contributed by atoms with Crippen LogP contribution in [-0.2, 0) is 41.8 Å². The van der Waals surface area contributed by atoms with Gasteiger partial charge in [0.2, 0.25) is 0 Å². The zero-order valence-corrected chi connectivity index (χ0v) is 36.9. The summed E-state index contributed by atoms with van der Waals surface area (Å²) in [7, 11) is -9.74. The number of phosphoric acid groups is 2. The number of hydrogen-bond donors (Lipinski definition) is 7. The zero-order chi connectivity index (χ0) is 43.4. The highest BCUT2D eigenvalue weighted by molar-refractivity contribution is 7.47. The third-order valence-electron chi connectivity index (χ3n) is 10.2. The molecule has 1 fully saturated rings. The van der Waals surface area contributed by atoms with Gasteiger partial charge in [-0.1, -0.05) is 123 Å². The monoisotopic (exact) mass is 874 g/mol. The molecule has 1 saturated carbocycles. The SMILES string of the molecule is CCCCC[C@H](O)/C=C/[C@@H]1[C@@H](CCCCCCC(=O)OC[C@H](COP(=O)(O)OC[C@@H](O)COP(=O)(O)O)OC(=O)CCCCCCCCCCC(C)C)[C@@H](O)C[C@H]1O. The van der Waals surface area contributed by atoms with Crippen LogP contribution in [0.2, 0.25) is 0 Å². The highest BCUT2D eigenvalue weighted by atomic mass is 31.2. The number of esters is 2. The number of aliphatic hydroxyl groups excluding tert-OH is 4. The normalized spacial score (nSPS) is 21.3. The van der Waals surface area contributed by atoms with E-state index in [9.17, 15) is 44.0 Å². The van der Waals surface area contributed by atoms with Crippen LogP contribution < -0.4 is 0 Å². The average Bonchev–Trinajstić information content (AvgIpc) is 3.42. The van der Waals surface area contributed by atoms with Crippen LogP contribution in [-0.4, -0.2) is 104 Å². The van der Waals surface area contributed by atoms with E-state index in [1.54, 1.807) is 6.08 Å². The van der Waals surface area contributed by atoms with E-state index in [1.807, 2.05) is 6.08 Å². The van der Waals surface area contributed by atoms with Gasteiger partial charge >= 0.3 is 27.6 Å². The lowest BCUT2D eigenvalue weighted by atomic mass is 9.88. The van der Waals surface area contributed by atoms with Gasteiger partial charge in [-0.05, 0) is 37.5 Å². The van der Waals surface area contributed by atoms with Gasteiger partial charge in [0.25, 0.3) is 0 Å². The van der Waals surface area contributed by atoms with Crippen LogP contribution in [0.25, 0.3) is 0 Å². The number of carbonyl (C=O) groups is 2. The number of hydrogen-bond acceptors (Lipinski definition) is 13. The molecule has 7 N–H and O–H groups in total. The van der Waals surface area contributed by atoms with Crippen molar-refractivity contribution in [2.45, 2.75) is 186 Å². The summed E-state index contributed by atoms with van der Waals surface area (Å²) >= 11 is 0. The molecule has 1 unspecified atom stereocenters. The topological polar surface area (TPSA) is 256 Å². The Kier molecular flexibility index (Phi) is 29.8. The summed E-state index contributed by atoms with van der Waals surface area (Å²) in [6.45, 7) is 3.66. The fraction of sp³-hybridized carbons (Fsp3) is 0.900. The summed E-state index contributed by atoms with van der Waals surface area (Å²) in [6.07, 6.45) is 15.9. The van der Waals surface area contributed by atoms with Crippen LogP contribution in [0.15, 0.2) is 12.2 Å². The first kappa shape index (κ1) is 54.8. The molecule has 18 heteroatoms. The molecule has 0 amide bonds. The van der Waals surface area contributed by atoms with Crippen molar-refractivity contribution in [1.29, 1.82) is 0 Å². The van der Waals surface area contributed by atoms with E-state index in [2.05, 4.69) is 29.8 Å². The highest BCUT2D eigenvalue weighted by Gasteiger charge is 2.39. The number of aliphatic hydroxyl groups is 4. The van der Waals surface area contributed by atoms with Crippen molar-refractivity contribution in [2.24, 2.45) is 17.8 Å². The predicted molar refractivity (Wildman–Crippen MR) is 218 cm³/mol. The Morgan fingerprint density at radius 3 is 1.86 bits per heavy atom. The Morgan fingerprint density at radius 2 is 1.24 bits per heavy atom. The van der Waals surface area contributed by atoms with Gasteiger partial charge in [-0.2, -0.15) is 0 Å². The molecule has 342 valence electrons. The number of ether oxygens (including phenoxy) is 2. The van der Waals surface area contributed by atoms with Crippen LogP contribution in [0.3, 0.4) is 0 Å². The van der Waals surface area contributed by atoms with Crippen LogP contribution in [0, 0.1) is 17.8 Å². The van der Waals surface area contributed by atoms with Crippen molar-refractivity contribution >= 4 is 27.6 Å². The molecule has 1 aliphatic carbocycles. The van der Waals surface area contributed by atoms with E-state index < -0.39 is 84.5 Å². The zero-order valence-electron chi connectivity index (χ0n) is 35.2. The molecule has 1 aliphatic rings. The van der Waals surface area contributed by atoms with E-state index in [4.69, 9.17) is 23.8 Å². The average molecular weight is 875 g/mol. The molecule has 8 atom stereocenters. The standard InChI is InChI=1S/C40H76O16P2/c1-4-5-14-20-32(41)24-25-36-35(37(43)26-38(36)44)21-16-12-13-17-22-39(45)52-29-34(30-55-58(50,51)54-28-33(42)27-53-57(47,48)49)56-40(46)23-18-11-9-7-6-8-10-15-19-31(2)3/h24-25,31-38,41-44H,4-23,26-30H2,1-3H3,(H,50,51)(H2,47,48,49)/b25-24+/t32-,33-,34+,35+,36+,37-,38+/m0/s1. The van der Waals surface area contributed by atoms with Crippen LogP contribution in [0.4, 0.5) is 0 Å². The van der Waals surface area contributed by atoms with E-state index >= 15 is 0 Å². The van der Waals surface area contributed by atoms with Crippen molar-refractivity contribution in [3.05, 3.63) is 12.2 Å². The van der Waals surface area contributed by atoms with Gasteiger partial charge in [0.1, 0.15) is 12.7 Å². The van der Waals surface area contributed by atoms with Gasteiger partial charge < -0.3 is 44.6 Å². The Balaban J connectivity index is 2.54. The molecular formula is C40H76O16P2. The second kappa shape index (κ2) is 31.6. The Bertz CT molecular complexity index is 1210. The maximum Gasteiger partial charge on any atom is 0.472 e. The number of phosphoric ester groups is 2. The molecular weight excluding hydrogens is 798 g/mol. The molecule has 0 heterocycles. The van der Waals surface area contributed by atoms with Crippen molar-refractivity contribution in [3.8, 4) is 0 Å². The van der Waals surface area contributed by atoms with E-state index in [-0.39, 0.29) is 24.7 Å². The second-order valence-electron chi connectivity index (χ2n) is 16.1. The van der Waals surface area contributed by atoms with E-state index in [0.29, 0.717) is 38.5 Å². The first-order valence-corrected chi connectivity index (χ1v) is 24.5. The quantitative estimate of drug-likeness (QED) is 0.0148. The van der Waals surface area contributed by atoms with E-state index in [1.165, 1.54) is 25.7 Å². The molecule has 0 aromatic rings. The number of unbranched alkanes of at least 4 members (excludes halogenated alkanes) is 12. The van der Waals surface area contributed by atoms with Gasteiger partial charge in [-0.25, -0.2) is 9.13 Å².